The molecule has 1 N–H and O–H groups in total. The molecule has 1 amide bonds. The van der Waals surface area contributed by atoms with Crippen LogP contribution in [0.3, 0.4) is 0 Å². The number of hydrogen-bond donors (Lipinski definition) is 1. The average Bonchev–Trinajstić information content (AvgIpc) is 2.10. The minimum atomic E-state index is -0.0117. The number of halogens is 1. The number of hydrogen-bond acceptors (Lipinski definition) is 2. The van der Waals surface area contributed by atoms with Crippen LogP contribution in [0.25, 0.3) is 0 Å². The third-order valence-electron chi connectivity index (χ3n) is 2.49. The molecule has 0 saturated carbocycles. The number of aliphatic hydroxyl groups is 1. The van der Waals surface area contributed by atoms with E-state index in [1.165, 1.54) is 0 Å². The van der Waals surface area contributed by atoms with Crippen molar-refractivity contribution >= 4 is 21.8 Å². The van der Waals surface area contributed by atoms with Crippen molar-refractivity contribution in [1.29, 1.82) is 0 Å². The zero-order chi connectivity index (χ0) is 9.84. The summed E-state index contributed by atoms with van der Waals surface area (Å²) in [5.74, 6) is 0.173. The van der Waals surface area contributed by atoms with Gasteiger partial charge in [0.1, 0.15) is 0 Å². The molecule has 0 spiro atoms. The van der Waals surface area contributed by atoms with Gasteiger partial charge in [0.2, 0.25) is 5.91 Å². The smallest absolute Gasteiger partial charge is 0.236 e. The van der Waals surface area contributed by atoms with Gasteiger partial charge in [0, 0.05) is 19.2 Å². The van der Waals surface area contributed by atoms with E-state index in [0.717, 1.165) is 19.4 Å². The molecule has 0 radical (unpaired) electrons. The molecule has 2 atom stereocenters. The van der Waals surface area contributed by atoms with Crippen molar-refractivity contribution in [2.24, 2.45) is 0 Å². The number of amides is 1. The predicted octanol–water partition coefficient (Wildman–Crippen LogP) is 1.14. The van der Waals surface area contributed by atoms with Crippen molar-refractivity contribution in [2.75, 3.05) is 13.2 Å². The molecule has 0 aromatic heterocycles. The fraction of sp³-hybridized carbons (Fsp3) is 0.889. The van der Waals surface area contributed by atoms with Gasteiger partial charge in [-0.05, 0) is 26.2 Å². The Kier molecular flexibility index (Phi) is 4.19. The lowest BCUT2D eigenvalue weighted by Gasteiger charge is -2.34. The summed E-state index contributed by atoms with van der Waals surface area (Å²) in [5, 5.41) is 8.77. The zero-order valence-corrected chi connectivity index (χ0v) is 9.46. The Balaban J connectivity index is 2.52. The highest BCUT2D eigenvalue weighted by Crippen LogP contribution is 2.21. The van der Waals surface area contributed by atoms with E-state index in [1.807, 2.05) is 11.8 Å². The number of likely N-dealkylation sites (tertiary alicyclic amines) is 1. The van der Waals surface area contributed by atoms with Crippen molar-refractivity contribution in [3.8, 4) is 0 Å². The maximum absolute atomic E-state index is 11.6. The first-order valence-corrected chi connectivity index (χ1v) is 5.63. The van der Waals surface area contributed by atoms with Gasteiger partial charge in [-0.2, -0.15) is 0 Å². The van der Waals surface area contributed by atoms with Crippen molar-refractivity contribution in [3.05, 3.63) is 0 Å². The highest BCUT2D eigenvalue weighted by molar-refractivity contribution is 9.10. The van der Waals surface area contributed by atoms with Crippen LogP contribution in [0.2, 0.25) is 0 Å². The maximum Gasteiger partial charge on any atom is 0.236 e. The first kappa shape index (κ1) is 11.0. The normalized spacial score (nSPS) is 26.2. The number of rotatable bonds is 3. The van der Waals surface area contributed by atoms with Crippen molar-refractivity contribution in [1.82, 2.24) is 4.90 Å². The van der Waals surface area contributed by atoms with Gasteiger partial charge in [0.15, 0.2) is 0 Å². The van der Waals surface area contributed by atoms with Crippen molar-refractivity contribution in [2.45, 2.75) is 37.1 Å². The van der Waals surface area contributed by atoms with Crippen LogP contribution in [-0.2, 0) is 4.79 Å². The number of alkyl halides is 1. The predicted molar refractivity (Wildman–Crippen MR) is 54.8 cm³/mol. The van der Waals surface area contributed by atoms with Gasteiger partial charge >= 0.3 is 0 Å². The molecule has 3 nitrogen and oxygen atoms in total. The van der Waals surface area contributed by atoms with Crippen molar-refractivity contribution in [3.63, 3.8) is 0 Å². The van der Waals surface area contributed by atoms with Crippen LogP contribution in [0.5, 0.6) is 0 Å². The van der Waals surface area contributed by atoms with E-state index in [1.54, 1.807) is 0 Å². The van der Waals surface area contributed by atoms with E-state index >= 15 is 0 Å². The summed E-state index contributed by atoms with van der Waals surface area (Å²) < 4.78 is 0. The van der Waals surface area contributed by atoms with Crippen LogP contribution in [0.4, 0.5) is 0 Å². The monoisotopic (exact) mass is 249 g/mol. The summed E-state index contributed by atoms with van der Waals surface area (Å²) in [4.78, 5) is 13.5. The Morgan fingerprint density at radius 1 is 1.77 bits per heavy atom. The molecular weight excluding hydrogens is 234 g/mol. The van der Waals surface area contributed by atoms with E-state index in [4.69, 9.17) is 5.11 Å². The Labute approximate surface area is 87.2 Å². The lowest BCUT2D eigenvalue weighted by molar-refractivity contribution is -0.134. The summed E-state index contributed by atoms with van der Waals surface area (Å²) in [5.41, 5.74) is 0. The first-order valence-electron chi connectivity index (χ1n) is 4.72. The molecule has 2 unspecified atom stereocenters. The second-order valence-corrected chi connectivity index (χ2v) is 4.61. The largest absolute Gasteiger partial charge is 0.396 e. The number of nitrogens with zero attached hydrogens (tertiary/aromatic N) is 1. The highest BCUT2D eigenvalue weighted by Gasteiger charge is 2.29. The number of carbonyl (C=O) groups excluding carboxylic acids is 1. The quantitative estimate of drug-likeness (QED) is 0.763. The molecule has 0 aromatic rings. The SMILES string of the molecule is CC(CCO)N1CCCC(Br)C1=O. The van der Waals surface area contributed by atoms with Crippen LogP contribution in [0.15, 0.2) is 0 Å². The van der Waals surface area contributed by atoms with Gasteiger partial charge in [-0.1, -0.05) is 15.9 Å². The third kappa shape index (κ3) is 2.68. The molecule has 1 heterocycles. The van der Waals surface area contributed by atoms with Crippen LogP contribution < -0.4 is 0 Å². The number of carbonyl (C=O) groups is 1. The summed E-state index contributed by atoms with van der Waals surface area (Å²) >= 11 is 3.36. The van der Waals surface area contributed by atoms with Crippen molar-refractivity contribution < 1.29 is 9.90 Å². The number of aliphatic hydroxyl groups excluding tert-OH is 1. The minimum Gasteiger partial charge on any atom is -0.396 e. The van der Waals surface area contributed by atoms with Gasteiger partial charge in [-0.3, -0.25) is 4.79 Å². The molecule has 0 aromatic carbocycles. The molecule has 1 saturated heterocycles. The summed E-state index contributed by atoms with van der Waals surface area (Å²) in [7, 11) is 0. The van der Waals surface area contributed by atoms with Gasteiger partial charge < -0.3 is 10.0 Å². The van der Waals surface area contributed by atoms with Gasteiger partial charge in [0.25, 0.3) is 0 Å². The highest BCUT2D eigenvalue weighted by atomic mass is 79.9. The molecule has 13 heavy (non-hydrogen) atoms. The minimum absolute atomic E-state index is 0.0117. The Hall–Kier alpha value is -0.0900. The zero-order valence-electron chi connectivity index (χ0n) is 7.87. The van der Waals surface area contributed by atoms with E-state index in [0.29, 0.717) is 6.42 Å². The standard InChI is InChI=1S/C9H16BrNO2/c1-7(4-6-12)11-5-2-3-8(10)9(11)13/h7-8,12H,2-6H2,1H3. The van der Waals surface area contributed by atoms with E-state index in [-0.39, 0.29) is 23.4 Å². The topological polar surface area (TPSA) is 40.5 Å². The molecule has 0 aliphatic carbocycles. The van der Waals surface area contributed by atoms with Gasteiger partial charge in [-0.15, -0.1) is 0 Å². The van der Waals surface area contributed by atoms with E-state index in [2.05, 4.69) is 15.9 Å². The Morgan fingerprint density at radius 3 is 3.08 bits per heavy atom. The summed E-state index contributed by atoms with van der Waals surface area (Å²) in [6, 6.07) is 0.165. The Bertz CT molecular complexity index is 186. The van der Waals surface area contributed by atoms with E-state index in [9.17, 15) is 4.79 Å². The lowest BCUT2D eigenvalue weighted by atomic mass is 10.1. The molecule has 1 fully saturated rings. The molecule has 1 rings (SSSR count). The summed E-state index contributed by atoms with van der Waals surface area (Å²) in [6.45, 7) is 2.97. The van der Waals surface area contributed by atoms with Crippen LogP contribution in [-0.4, -0.2) is 39.9 Å². The Morgan fingerprint density at radius 2 is 2.46 bits per heavy atom. The fourth-order valence-corrected chi connectivity index (χ4v) is 2.22. The fourth-order valence-electron chi connectivity index (χ4n) is 1.63. The van der Waals surface area contributed by atoms with E-state index < -0.39 is 0 Å². The maximum atomic E-state index is 11.6. The second kappa shape index (κ2) is 4.96. The summed E-state index contributed by atoms with van der Waals surface area (Å²) in [6.07, 6.45) is 2.66. The molecule has 0 bridgehead atoms. The van der Waals surface area contributed by atoms with Crippen LogP contribution in [0.1, 0.15) is 26.2 Å². The molecular formula is C9H16BrNO2. The molecule has 1 aliphatic rings. The van der Waals surface area contributed by atoms with Gasteiger partial charge in [0.05, 0.1) is 4.83 Å². The molecule has 1 aliphatic heterocycles. The third-order valence-corrected chi connectivity index (χ3v) is 3.34. The van der Waals surface area contributed by atoms with Gasteiger partial charge in [-0.25, -0.2) is 0 Å². The molecule has 4 heteroatoms. The van der Waals surface area contributed by atoms with Crippen LogP contribution >= 0.6 is 15.9 Å². The average molecular weight is 250 g/mol. The first-order chi connectivity index (χ1) is 6.16. The lowest BCUT2D eigenvalue weighted by Crippen LogP contribution is -2.46. The molecule has 76 valence electrons. The number of piperidine rings is 1. The second-order valence-electron chi connectivity index (χ2n) is 3.50. The van der Waals surface area contributed by atoms with Crippen LogP contribution in [0, 0.1) is 0 Å².